The van der Waals surface area contributed by atoms with E-state index in [0.717, 1.165) is 41.5 Å². The number of amides is 1. The standard InChI is InChI=1S/C28H25BN2O2/c29-24-9-8-20-12-21(6-7-22(20)13-24)23-14-25(30-16-23)26-15-28(10-11-28)18-31(26)27(32)33-17-19-4-2-1-3-5-19/h1-9,12-13,16,26H,10-11,14-15,17-18H2/t26-/m0/s1. The Morgan fingerprint density at radius 2 is 1.85 bits per heavy atom. The largest absolute Gasteiger partial charge is 0.445 e. The summed E-state index contributed by atoms with van der Waals surface area (Å²) in [6, 6.07) is 22.3. The molecule has 3 aliphatic rings. The van der Waals surface area contributed by atoms with E-state index in [2.05, 4.69) is 24.3 Å². The van der Waals surface area contributed by atoms with E-state index in [0.29, 0.717) is 6.61 Å². The monoisotopic (exact) mass is 432 g/mol. The molecule has 33 heavy (non-hydrogen) atoms. The molecule has 6 rings (SSSR count). The summed E-state index contributed by atoms with van der Waals surface area (Å²) in [5, 5.41) is 2.30. The van der Waals surface area contributed by atoms with Crippen LogP contribution in [0.5, 0.6) is 0 Å². The summed E-state index contributed by atoms with van der Waals surface area (Å²) >= 11 is 0. The molecule has 4 nitrogen and oxygen atoms in total. The van der Waals surface area contributed by atoms with Crippen LogP contribution in [0.15, 0.2) is 77.9 Å². The van der Waals surface area contributed by atoms with Gasteiger partial charge in [0.25, 0.3) is 0 Å². The molecule has 3 aromatic rings. The first kappa shape index (κ1) is 20.3. The molecule has 0 unspecified atom stereocenters. The van der Waals surface area contributed by atoms with E-state index in [1.165, 1.54) is 29.4 Å². The van der Waals surface area contributed by atoms with Crippen molar-refractivity contribution in [3.05, 3.63) is 84.1 Å². The van der Waals surface area contributed by atoms with Crippen molar-refractivity contribution in [1.29, 1.82) is 0 Å². The van der Waals surface area contributed by atoms with E-state index in [4.69, 9.17) is 17.6 Å². The zero-order valence-electron chi connectivity index (χ0n) is 18.5. The molecule has 2 heterocycles. The van der Waals surface area contributed by atoms with Gasteiger partial charge in [-0.15, -0.1) is 0 Å². The van der Waals surface area contributed by atoms with Crippen LogP contribution in [0.3, 0.4) is 0 Å². The number of hydrogen-bond donors (Lipinski definition) is 0. The van der Waals surface area contributed by atoms with Crippen LogP contribution in [-0.4, -0.2) is 37.1 Å². The third-order valence-corrected chi connectivity index (χ3v) is 7.28. The first-order valence-corrected chi connectivity index (χ1v) is 11.6. The molecule has 1 amide bonds. The smallest absolute Gasteiger partial charge is 0.410 e. The topological polar surface area (TPSA) is 41.9 Å². The van der Waals surface area contributed by atoms with Crippen LogP contribution in [0, 0.1) is 5.41 Å². The molecule has 1 aliphatic carbocycles. The highest BCUT2D eigenvalue weighted by molar-refractivity contribution is 6.33. The molecule has 0 aromatic heterocycles. The minimum Gasteiger partial charge on any atom is -0.445 e. The van der Waals surface area contributed by atoms with E-state index >= 15 is 0 Å². The summed E-state index contributed by atoms with van der Waals surface area (Å²) in [5.41, 5.74) is 5.48. The fourth-order valence-electron chi connectivity index (χ4n) is 5.18. The molecule has 162 valence electrons. The van der Waals surface area contributed by atoms with Crippen LogP contribution in [-0.2, 0) is 11.3 Å². The van der Waals surface area contributed by atoms with Gasteiger partial charge in [-0.2, -0.15) is 0 Å². The van der Waals surface area contributed by atoms with Gasteiger partial charge in [-0.1, -0.05) is 66.1 Å². The summed E-state index contributed by atoms with van der Waals surface area (Å²) in [6.07, 6.45) is 5.88. The second-order valence-electron chi connectivity index (χ2n) is 9.66. The molecule has 1 saturated carbocycles. The van der Waals surface area contributed by atoms with Crippen LogP contribution < -0.4 is 5.46 Å². The lowest BCUT2D eigenvalue weighted by Gasteiger charge is -2.24. The highest BCUT2D eigenvalue weighted by atomic mass is 16.6. The van der Waals surface area contributed by atoms with Crippen LogP contribution in [0.4, 0.5) is 4.79 Å². The van der Waals surface area contributed by atoms with Crippen LogP contribution >= 0.6 is 0 Å². The van der Waals surface area contributed by atoms with Crippen LogP contribution in [0.1, 0.15) is 36.8 Å². The Labute approximate surface area is 195 Å². The fraction of sp³-hybridized carbons (Fsp3) is 0.286. The Morgan fingerprint density at radius 1 is 1.06 bits per heavy atom. The Kier molecular flexibility index (Phi) is 4.86. The van der Waals surface area contributed by atoms with Crippen molar-refractivity contribution in [3.63, 3.8) is 0 Å². The minimum atomic E-state index is -0.230. The quantitative estimate of drug-likeness (QED) is 0.544. The van der Waals surface area contributed by atoms with E-state index < -0.39 is 0 Å². The maximum absolute atomic E-state index is 13.0. The molecule has 5 heteroatoms. The average molecular weight is 432 g/mol. The lowest BCUT2D eigenvalue weighted by Crippen LogP contribution is -2.40. The molecule has 1 spiro atoms. The molecular formula is C28H25BN2O2. The third kappa shape index (κ3) is 3.97. The van der Waals surface area contributed by atoms with Gasteiger partial charge >= 0.3 is 6.09 Å². The van der Waals surface area contributed by atoms with Gasteiger partial charge in [0.15, 0.2) is 0 Å². The summed E-state index contributed by atoms with van der Waals surface area (Å²) in [6.45, 7) is 1.07. The van der Waals surface area contributed by atoms with E-state index in [1.807, 2.05) is 53.6 Å². The number of carbonyl (C=O) groups is 1. The van der Waals surface area contributed by atoms with Gasteiger partial charge in [-0.25, -0.2) is 4.79 Å². The number of allylic oxidation sites excluding steroid dienone is 1. The Hall–Kier alpha value is -3.34. The second kappa shape index (κ2) is 7.91. The van der Waals surface area contributed by atoms with Gasteiger partial charge in [0.2, 0.25) is 0 Å². The lowest BCUT2D eigenvalue weighted by atomic mass is 9.91. The van der Waals surface area contributed by atoms with Crippen molar-refractivity contribution in [2.45, 2.75) is 38.3 Å². The predicted octanol–water partition coefficient (Wildman–Crippen LogP) is 5.01. The fourth-order valence-corrected chi connectivity index (χ4v) is 5.18. The minimum absolute atomic E-state index is 0.0183. The van der Waals surface area contributed by atoms with E-state index in [9.17, 15) is 4.79 Å². The van der Waals surface area contributed by atoms with Gasteiger partial charge in [-0.05, 0) is 58.2 Å². The molecule has 1 atom stereocenters. The Bertz CT molecular complexity index is 1290. The SMILES string of the molecule is [B]c1ccc2cc(C3=CN=C([C@@H]4CC5(CC5)CN4C(=O)OCc4ccccc4)C3)ccc2c1. The van der Waals surface area contributed by atoms with Crippen molar-refractivity contribution in [3.8, 4) is 0 Å². The van der Waals surface area contributed by atoms with Crippen LogP contribution in [0.25, 0.3) is 16.3 Å². The number of hydrogen-bond acceptors (Lipinski definition) is 3. The maximum Gasteiger partial charge on any atom is 0.410 e. The van der Waals surface area contributed by atoms with Crippen molar-refractivity contribution in [2.75, 3.05) is 6.54 Å². The highest BCUT2D eigenvalue weighted by Crippen LogP contribution is 2.55. The second-order valence-corrected chi connectivity index (χ2v) is 9.66. The molecule has 2 fully saturated rings. The number of likely N-dealkylation sites (tertiary alicyclic amines) is 1. The van der Waals surface area contributed by atoms with Crippen molar-refractivity contribution in [1.82, 2.24) is 4.90 Å². The zero-order chi connectivity index (χ0) is 22.4. The first-order valence-electron chi connectivity index (χ1n) is 11.6. The molecule has 1 saturated heterocycles. The molecule has 0 bridgehead atoms. The van der Waals surface area contributed by atoms with Gasteiger partial charge in [-0.3, -0.25) is 9.89 Å². The maximum atomic E-state index is 13.0. The molecule has 2 aliphatic heterocycles. The van der Waals surface area contributed by atoms with Crippen LogP contribution in [0.2, 0.25) is 0 Å². The summed E-state index contributed by atoms with van der Waals surface area (Å²) in [4.78, 5) is 19.8. The van der Waals surface area contributed by atoms with Crippen molar-refractivity contribution < 1.29 is 9.53 Å². The number of aliphatic imine (C=N–C) groups is 1. The van der Waals surface area contributed by atoms with E-state index in [-0.39, 0.29) is 17.6 Å². The predicted molar refractivity (Wildman–Crippen MR) is 133 cm³/mol. The number of nitrogens with zero attached hydrogens (tertiary/aromatic N) is 2. The molecule has 3 aromatic carbocycles. The zero-order valence-corrected chi connectivity index (χ0v) is 18.5. The van der Waals surface area contributed by atoms with Crippen molar-refractivity contribution in [2.24, 2.45) is 10.4 Å². The average Bonchev–Trinajstić information content (AvgIpc) is 3.24. The summed E-state index contributed by atoms with van der Waals surface area (Å²) < 4.78 is 5.70. The first-order chi connectivity index (χ1) is 16.1. The van der Waals surface area contributed by atoms with E-state index in [1.54, 1.807) is 0 Å². The molecular weight excluding hydrogens is 407 g/mol. The third-order valence-electron chi connectivity index (χ3n) is 7.28. The number of carbonyl (C=O) groups excluding carboxylic acids is 1. The Morgan fingerprint density at radius 3 is 2.67 bits per heavy atom. The number of rotatable bonds is 4. The number of benzene rings is 3. The summed E-state index contributed by atoms with van der Waals surface area (Å²) in [5.74, 6) is 0. The lowest BCUT2D eigenvalue weighted by molar-refractivity contribution is 0.0977. The van der Waals surface area contributed by atoms with Gasteiger partial charge < -0.3 is 4.74 Å². The molecule has 2 radical (unpaired) electrons. The van der Waals surface area contributed by atoms with Gasteiger partial charge in [0.1, 0.15) is 14.5 Å². The molecule has 0 N–H and O–H groups in total. The van der Waals surface area contributed by atoms with Gasteiger partial charge in [0.05, 0.1) is 6.04 Å². The highest BCUT2D eigenvalue weighted by Gasteiger charge is 2.55. The number of ether oxygens (including phenoxy) is 1. The Balaban J connectivity index is 1.17. The number of fused-ring (bicyclic) bond motifs is 1. The normalized spacial score (nSPS) is 20.7. The summed E-state index contributed by atoms with van der Waals surface area (Å²) in [7, 11) is 5.92. The van der Waals surface area contributed by atoms with Crippen molar-refractivity contribution >= 4 is 41.5 Å². The van der Waals surface area contributed by atoms with Gasteiger partial charge in [0, 0.05) is 24.9 Å².